The fourth-order valence-corrected chi connectivity index (χ4v) is 2.54. The van der Waals surface area contributed by atoms with Crippen LogP contribution in [0.2, 0.25) is 0 Å². The van der Waals surface area contributed by atoms with Crippen molar-refractivity contribution in [3.8, 4) is 0 Å². The summed E-state index contributed by atoms with van der Waals surface area (Å²) in [6, 6.07) is 0. The summed E-state index contributed by atoms with van der Waals surface area (Å²) in [7, 11) is 0. The van der Waals surface area contributed by atoms with Gasteiger partial charge in [0.1, 0.15) is 0 Å². The summed E-state index contributed by atoms with van der Waals surface area (Å²) in [6.45, 7) is 5.07. The van der Waals surface area contributed by atoms with Gasteiger partial charge in [-0.05, 0) is 30.6 Å². The number of nitrogens with two attached hydrogens (primary N) is 1. The molecule has 0 aromatic carbocycles. The first kappa shape index (κ1) is 11.0. The molecule has 0 saturated heterocycles. The summed E-state index contributed by atoms with van der Waals surface area (Å²) in [4.78, 5) is 0. The highest BCUT2D eigenvalue weighted by atomic mass is 16.3. The van der Waals surface area contributed by atoms with E-state index >= 15 is 0 Å². The van der Waals surface area contributed by atoms with Crippen LogP contribution >= 0.6 is 0 Å². The van der Waals surface area contributed by atoms with Crippen LogP contribution < -0.4 is 5.73 Å². The Morgan fingerprint density at radius 3 is 2.77 bits per heavy atom. The Bertz CT molecular complexity index is 156. The summed E-state index contributed by atoms with van der Waals surface area (Å²) >= 11 is 0. The lowest BCUT2D eigenvalue weighted by Gasteiger charge is -2.35. The molecular formula is C11H23NO. The van der Waals surface area contributed by atoms with E-state index in [0.29, 0.717) is 17.9 Å². The number of rotatable bonds is 3. The zero-order chi connectivity index (χ0) is 9.90. The summed E-state index contributed by atoms with van der Waals surface area (Å²) in [6.07, 6.45) is 5.81. The van der Waals surface area contributed by atoms with Gasteiger partial charge in [-0.1, -0.05) is 26.7 Å². The maximum Gasteiger partial charge on any atom is 0.0665 e. The number of hydrogen-bond acceptors (Lipinski definition) is 2. The Morgan fingerprint density at radius 2 is 2.23 bits per heavy atom. The quantitative estimate of drug-likeness (QED) is 0.705. The smallest absolute Gasteiger partial charge is 0.0665 e. The van der Waals surface area contributed by atoms with Crippen LogP contribution in [0.4, 0.5) is 0 Å². The molecule has 78 valence electrons. The van der Waals surface area contributed by atoms with E-state index in [1.165, 1.54) is 25.7 Å². The maximum atomic E-state index is 9.46. The van der Waals surface area contributed by atoms with E-state index in [2.05, 4.69) is 13.8 Å². The van der Waals surface area contributed by atoms with Gasteiger partial charge in [0.25, 0.3) is 0 Å². The van der Waals surface area contributed by atoms with Crippen molar-refractivity contribution in [2.24, 2.45) is 17.1 Å². The third kappa shape index (κ3) is 3.65. The average Bonchev–Trinajstić information content (AvgIpc) is 2.02. The molecule has 0 amide bonds. The number of hydrogen-bond donors (Lipinski definition) is 2. The normalized spacial score (nSPS) is 30.0. The van der Waals surface area contributed by atoms with Gasteiger partial charge in [-0.3, -0.25) is 0 Å². The highest BCUT2D eigenvalue weighted by molar-refractivity contribution is 4.80. The molecule has 0 aliphatic heterocycles. The first-order valence-corrected chi connectivity index (χ1v) is 5.41. The molecule has 1 rings (SSSR count). The van der Waals surface area contributed by atoms with Crippen LogP contribution in [-0.2, 0) is 0 Å². The van der Waals surface area contributed by atoms with Crippen molar-refractivity contribution >= 4 is 0 Å². The van der Waals surface area contributed by atoms with Gasteiger partial charge in [-0.2, -0.15) is 0 Å². The summed E-state index contributed by atoms with van der Waals surface area (Å²) in [5, 5.41) is 9.46. The first-order chi connectivity index (χ1) is 6.03. The summed E-state index contributed by atoms with van der Waals surface area (Å²) < 4.78 is 0. The van der Waals surface area contributed by atoms with Crippen molar-refractivity contribution in [3.05, 3.63) is 0 Å². The molecule has 2 atom stereocenters. The minimum Gasteiger partial charge on any atom is -0.392 e. The van der Waals surface area contributed by atoms with Crippen molar-refractivity contribution < 1.29 is 5.11 Å². The average molecular weight is 185 g/mol. The Balaban J connectivity index is 2.34. The summed E-state index contributed by atoms with van der Waals surface area (Å²) in [5.74, 6) is 0.697. The van der Waals surface area contributed by atoms with E-state index < -0.39 is 0 Å². The van der Waals surface area contributed by atoms with Gasteiger partial charge in [0.2, 0.25) is 0 Å². The van der Waals surface area contributed by atoms with E-state index in [1.54, 1.807) is 0 Å². The van der Waals surface area contributed by atoms with Crippen molar-refractivity contribution in [1.82, 2.24) is 0 Å². The molecule has 0 bridgehead atoms. The molecule has 2 heteroatoms. The predicted octanol–water partition coefficient (Wildman–Crippen LogP) is 1.91. The highest BCUT2D eigenvalue weighted by Crippen LogP contribution is 2.40. The monoisotopic (exact) mass is 185 g/mol. The fourth-order valence-electron chi connectivity index (χ4n) is 2.54. The van der Waals surface area contributed by atoms with E-state index in [-0.39, 0.29) is 6.10 Å². The number of aliphatic hydroxyl groups is 1. The SMILES string of the molecule is CC1(C)CCCC(CC(O)CN)C1. The van der Waals surface area contributed by atoms with E-state index in [9.17, 15) is 5.11 Å². The second-order valence-corrected chi connectivity index (χ2v) is 5.25. The zero-order valence-electron chi connectivity index (χ0n) is 8.92. The minimum atomic E-state index is -0.279. The Morgan fingerprint density at radius 1 is 1.54 bits per heavy atom. The van der Waals surface area contributed by atoms with Gasteiger partial charge >= 0.3 is 0 Å². The van der Waals surface area contributed by atoms with E-state index in [4.69, 9.17) is 5.73 Å². The van der Waals surface area contributed by atoms with Crippen LogP contribution in [0.25, 0.3) is 0 Å². The van der Waals surface area contributed by atoms with Crippen LogP contribution in [-0.4, -0.2) is 17.8 Å². The molecule has 13 heavy (non-hydrogen) atoms. The molecule has 1 aliphatic rings. The minimum absolute atomic E-state index is 0.279. The predicted molar refractivity (Wildman–Crippen MR) is 55.4 cm³/mol. The van der Waals surface area contributed by atoms with Crippen molar-refractivity contribution in [2.45, 2.75) is 52.1 Å². The van der Waals surface area contributed by atoms with Crippen LogP contribution in [0, 0.1) is 11.3 Å². The third-order valence-corrected chi connectivity index (χ3v) is 3.18. The van der Waals surface area contributed by atoms with Gasteiger partial charge in [-0.25, -0.2) is 0 Å². The van der Waals surface area contributed by atoms with Crippen molar-refractivity contribution in [3.63, 3.8) is 0 Å². The van der Waals surface area contributed by atoms with Crippen LogP contribution in [0.1, 0.15) is 46.0 Å². The molecule has 0 spiro atoms. The molecule has 0 heterocycles. The highest BCUT2D eigenvalue weighted by Gasteiger charge is 2.28. The molecule has 2 unspecified atom stereocenters. The molecule has 1 aliphatic carbocycles. The topological polar surface area (TPSA) is 46.2 Å². The molecule has 0 aromatic heterocycles. The fraction of sp³-hybridized carbons (Fsp3) is 1.00. The molecule has 0 radical (unpaired) electrons. The molecule has 1 fully saturated rings. The molecular weight excluding hydrogens is 162 g/mol. The van der Waals surface area contributed by atoms with E-state index in [1.807, 2.05) is 0 Å². The summed E-state index contributed by atoms with van der Waals surface area (Å²) in [5.41, 5.74) is 5.89. The van der Waals surface area contributed by atoms with Gasteiger partial charge in [0.15, 0.2) is 0 Å². The Kier molecular flexibility index (Phi) is 3.74. The van der Waals surface area contributed by atoms with Crippen molar-refractivity contribution in [1.29, 1.82) is 0 Å². The lowest BCUT2D eigenvalue weighted by atomic mass is 9.71. The van der Waals surface area contributed by atoms with Gasteiger partial charge in [-0.15, -0.1) is 0 Å². The van der Waals surface area contributed by atoms with E-state index in [0.717, 1.165) is 6.42 Å². The Hall–Kier alpha value is -0.0800. The zero-order valence-corrected chi connectivity index (χ0v) is 8.92. The second-order valence-electron chi connectivity index (χ2n) is 5.25. The number of aliphatic hydroxyl groups excluding tert-OH is 1. The maximum absolute atomic E-state index is 9.46. The molecule has 3 N–H and O–H groups in total. The molecule has 1 saturated carbocycles. The standard InChI is InChI=1S/C11H23NO/c1-11(2)5-3-4-9(7-11)6-10(13)8-12/h9-10,13H,3-8,12H2,1-2H3. The van der Waals surface area contributed by atoms with Crippen LogP contribution in [0.5, 0.6) is 0 Å². The van der Waals surface area contributed by atoms with Crippen molar-refractivity contribution in [2.75, 3.05) is 6.54 Å². The first-order valence-electron chi connectivity index (χ1n) is 5.41. The Labute approximate surface area is 81.5 Å². The van der Waals surface area contributed by atoms with Crippen LogP contribution in [0.3, 0.4) is 0 Å². The van der Waals surface area contributed by atoms with Crippen LogP contribution in [0.15, 0.2) is 0 Å². The molecule has 2 nitrogen and oxygen atoms in total. The lowest BCUT2D eigenvalue weighted by molar-refractivity contribution is 0.104. The second kappa shape index (κ2) is 4.43. The van der Waals surface area contributed by atoms with Gasteiger partial charge < -0.3 is 10.8 Å². The molecule has 0 aromatic rings. The van der Waals surface area contributed by atoms with Gasteiger partial charge in [0.05, 0.1) is 6.10 Å². The lowest BCUT2D eigenvalue weighted by Crippen LogP contribution is -2.28. The largest absolute Gasteiger partial charge is 0.392 e. The van der Waals surface area contributed by atoms with Gasteiger partial charge in [0, 0.05) is 6.54 Å². The third-order valence-electron chi connectivity index (χ3n) is 3.18.